The van der Waals surface area contributed by atoms with Crippen LogP contribution in [0.3, 0.4) is 0 Å². The van der Waals surface area contributed by atoms with Gasteiger partial charge < -0.3 is 5.32 Å². The first-order valence-corrected chi connectivity index (χ1v) is 9.76. The van der Waals surface area contributed by atoms with Crippen molar-refractivity contribution < 1.29 is 4.79 Å². The fourth-order valence-electron chi connectivity index (χ4n) is 3.14. The van der Waals surface area contributed by atoms with Gasteiger partial charge in [0.2, 0.25) is 0 Å². The van der Waals surface area contributed by atoms with Crippen molar-refractivity contribution in [3.63, 3.8) is 0 Å². The maximum atomic E-state index is 12.5. The fourth-order valence-corrected chi connectivity index (χ4v) is 4.00. The molecule has 0 saturated heterocycles. The molecule has 0 bridgehead atoms. The van der Waals surface area contributed by atoms with E-state index in [0.29, 0.717) is 5.69 Å². The van der Waals surface area contributed by atoms with E-state index in [9.17, 15) is 4.79 Å². The molecule has 0 unspecified atom stereocenters. The average molecular weight is 384 g/mol. The number of carbonyl (C=O) groups excluding carboxylic acids is 1. The van der Waals surface area contributed by atoms with E-state index in [0.717, 1.165) is 32.8 Å². The van der Waals surface area contributed by atoms with Crippen molar-refractivity contribution in [1.82, 2.24) is 14.4 Å². The number of pyridine rings is 1. The summed E-state index contributed by atoms with van der Waals surface area (Å²) in [5, 5.41) is 6.01. The molecule has 2 aromatic carbocycles. The maximum Gasteiger partial charge on any atom is 0.274 e. The van der Waals surface area contributed by atoms with E-state index < -0.39 is 0 Å². The van der Waals surface area contributed by atoms with Gasteiger partial charge in [0, 0.05) is 33.9 Å². The zero-order valence-corrected chi connectivity index (χ0v) is 15.9. The lowest BCUT2D eigenvalue weighted by Crippen LogP contribution is -2.13. The number of carbonyl (C=O) groups is 1. The number of fused-ring (bicyclic) bond motifs is 2. The molecular weight excluding hydrogens is 368 g/mol. The van der Waals surface area contributed by atoms with Crippen LogP contribution < -0.4 is 5.32 Å². The number of imidazole rings is 1. The van der Waals surface area contributed by atoms with Gasteiger partial charge in [-0.15, -0.1) is 11.3 Å². The summed E-state index contributed by atoms with van der Waals surface area (Å²) in [6.45, 7) is 2.06. The number of nitrogens with one attached hydrogen (secondary N) is 1. The summed E-state index contributed by atoms with van der Waals surface area (Å²) >= 11 is 1.63. The third kappa shape index (κ3) is 2.93. The standard InChI is InChI=1S/C22H16N4OS/c1-14-13-28-22-25-20(12-26(14)22)16-6-9-17(10-7-16)23-21(27)19-11-8-15-4-2-3-5-18(15)24-19/h2-13H,1H3,(H,23,27). The van der Waals surface area contributed by atoms with Crippen LogP contribution in [0.2, 0.25) is 0 Å². The normalized spacial score (nSPS) is 11.2. The van der Waals surface area contributed by atoms with Crippen LogP contribution in [-0.4, -0.2) is 20.3 Å². The number of hydrogen-bond acceptors (Lipinski definition) is 4. The number of nitrogens with zero attached hydrogens (tertiary/aromatic N) is 3. The Morgan fingerprint density at radius 3 is 2.64 bits per heavy atom. The number of amides is 1. The first-order valence-electron chi connectivity index (χ1n) is 8.88. The third-order valence-corrected chi connectivity index (χ3v) is 5.62. The molecule has 0 saturated carbocycles. The Balaban J connectivity index is 1.36. The highest BCUT2D eigenvalue weighted by Gasteiger charge is 2.10. The van der Waals surface area contributed by atoms with Crippen LogP contribution in [-0.2, 0) is 0 Å². The molecule has 0 atom stereocenters. The molecule has 0 radical (unpaired) electrons. The van der Waals surface area contributed by atoms with Gasteiger partial charge in [0.15, 0.2) is 4.96 Å². The average Bonchev–Trinajstić information content (AvgIpc) is 3.30. The summed E-state index contributed by atoms with van der Waals surface area (Å²) in [6.07, 6.45) is 2.04. The predicted octanol–water partition coefficient (Wildman–Crippen LogP) is 5.17. The molecule has 0 aliphatic carbocycles. The largest absolute Gasteiger partial charge is 0.321 e. The maximum absolute atomic E-state index is 12.5. The minimum atomic E-state index is -0.225. The van der Waals surface area contributed by atoms with E-state index in [-0.39, 0.29) is 5.91 Å². The SMILES string of the molecule is Cc1csc2nc(-c3ccc(NC(=O)c4ccc5ccccc5n4)cc3)cn12. The number of rotatable bonds is 3. The lowest BCUT2D eigenvalue weighted by molar-refractivity contribution is 0.102. The zero-order valence-electron chi connectivity index (χ0n) is 15.1. The summed E-state index contributed by atoms with van der Waals surface area (Å²) in [5.74, 6) is -0.225. The number of aryl methyl sites for hydroxylation is 1. The number of anilines is 1. The lowest BCUT2D eigenvalue weighted by Gasteiger charge is -2.06. The number of aromatic nitrogens is 3. The van der Waals surface area contributed by atoms with Gasteiger partial charge >= 0.3 is 0 Å². The van der Waals surface area contributed by atoms with Crippen molar-refractivity contribution in [2.75, 3.05) is 5.32 Å². The van der Waals surface area contributed by atoms with Gasteiger partial charge in [-0.05, 0) is 31.2 Å². The highest BCUT2D eigenvalue weighted by molar-refractivity contribution is 7.15. The van der Waals surface area contributed by atoms with Crippen LogP contribution in [0.15, 0.2) is 72.2 Å². The lowest BCUT2D eigenvalue weighted by atomic mass is 10.1. The van der Waals surface area contributed by atoms with Crippen molar-refractivity contribution in [2.45, 2.75) is 6.92 Å². The molecule has 3 heterocycles. The van der Waals surface area contributed by atoms with E-state index in [1.165, 1.54) is 5.69 Å². The van der Waals surface area contributed by atoms with Crippen LogP contribution in [0.1, 0.15) is 16.2 Å². The molecule has 1 N–H and O–H groups in total. The Bertz CT molecular complexity index is 1320. The number of hydrogen-bond donors (Lipinski definition) is 1. The Morgan fingerprint density at radius 1 is 1.00 bits per heavy atom. The minimum absolute atomic E-state index is 0.225. The van der Waals surface area contributed by atoms with Crippen LogP contribution in [0, 0.1) is 6.92 Å². The molecule has 6 heteroatoms. The molecule has 136 valence electrons. The van der Waals surface area contributed by atoms with E-state index in [1.54, 1.807) is 17.4 Å². The topological polar surface area (TPSA) is 59.3 Å². The second-order valence-corrected chi connectivity index (χ2v) is 7.41. The quantitative estimate of drug-likeness (QED) is 0.467. The van der Waals surface area contributed by atoms with Crippen molar-refractivity contribution in [1.29, 1.82) is 0 Å². The van der Waals surface area contributed by atoms with E-state index in [4.69, 9.17) is 0 Å². The summed E-state index contributed by atoms with van der Waals surface area (Å²) in [5.41, 5.74) is 5.03. The summed E-state index contributed by atoms with van der Waals surface area (Å²) in [6, 6.07) is 19.1. The Kier molecular flexibility index (Phi) is 3.91. The smallest absolute Gasteiger partial charge is 0.274 e. The molecule has 5 rings (SSSR count). The van der Waals surface area contributed by atoms with Gasteiger partial charge in [-0.3, -0.25) is 9.20 Å². The van der Waals surface area contributed by atoms with Crippen LogP contribution in [0.4, 0.5) is 5.69 Å². The van der Waals surface area contributed by atoms with Crippen molar-refractivity contribution >= 4 is 38.8 Å². The Morgan fingerprint density at radius 2 is 1.82 bits per heavy atom. The second-order valence-electron chi connectivity index (χ2n) is 6.58. The fraction of sp³-hybridized carbons (Fsp3) is 0.0455. The van der Waals surface area contributed by atoms with Gasteiger partial charge in [0.1, 0.15) is 5.69 Å². The first-order chi connectivity index (χ1) is 13.7. The van der Waals surface area contributed by atoms with Gasteiger partial charge in [0.05, 0.1) is 11.2 Å². The van der Waals surface area contributed by atoms with Crippen LogP contribution in [0.5, 0.6) is 0 Å². The molecule has 1 amide bonds. The summed E-state index contributed by atoms with van der Waals surface area (Å²) in [4.78, 5) is 22.6. The Labute approximate surface area is 165 Å². The monoisotopic (exact) mass is 384 g/mol. The van der Waals surface area contributed by atoms with E-state index in [1.807, 2.05) is 60.8 Å². The summed E-state index contributed by atoms with van der Waals surface area (Å²) < 4.78 is 2.08. The van der Waals surface area contributed by atoms with Gasteiger partial charge in [-0.1, -0.05) is 36.4 Å². The number of para-hydroxylation sites is 1. The van der Waals surface area contributed by atoms with Gasteiger partial charge in [-0.2, -0.15) is 0 Å². The molecule has 5 nitrogen and oxygen atoms in total. The van der Waals surface area contributed by atoms with Crippen molar-refractivity contribution in [2.24, 2.45) is 0 Å². The Hall–Kier alpha value is -3.51. The minimum Gasteiger partial charge on any atom is -0.321 e. The predicted molar refractivity (Wildman–Crippen MR) is 113 cm³/mol. The van der Waals surface area contributed by atoms with E-state index in [2.05, 4.69) is 32.0 Å². The molecule has 0 aliphatic rings. The molecule has 0 fully saturated rings. The van der Waals surface area contributed by atoms with Crippen molar-refractivity contribution in [3.8, 4) is 11.3 Å². The molecule has 0 spiro atoms. The van der Waals surface area contributed by atoms with Gasteiger partial charge in [0.25, 0.3) is 5.91 Å². The third-order valence-electron chi connectivity index (χ3n) is 4.66. The number of benzene rings is 2. The zero-order chi connectivity index (χ0) is 19.1. The van der Waals surface area contributed by atoms with E-state index >= 15 is 0 Å². The highest BCUT2D eigenvalue weighted by atomic mass is 32.1. The highest BCUT2D eigenvalue weighted by Crippen LogP contribution is 2.24. The molecule has 5 aromatic rings. The molecule has 3 aromatic heterocycles. The summed E-state index contributed by atoms with van der Waals surface area (Å²) in [7, 11) is 0. The van der Waals surface area contributed by atoms with Crippen LogP contribution >= 0.6 is 11.3 Å². The van der Waals surface area contributed by atoms with Crippen molar-refractivity contribution in [3.05, 3.63) is 83.6 Å². The number of thiazole rings is 1. The van der Waals surface area contributed by atoms with Crippen LogP contribution in [0.25, 0.3) is 27.1 Å². The first kappa shape index (κ1) is 16.6. The second kappa shape index (κ2) is 6.58. The molecule has 0 aliphatic heterocycles. The van der Waals surface area contributed by atoms with Gasteiger partial charge in [-0.25, -0.2) is 9.97 Å². The molecular formula is C22H16N4OS. The molecule has 28 heavy (non-hydrogen) atoms.